The fourth-order valence-electron chi connectivity index (χ4n) is 1.47. The second kappa shape index (κ2) is 6.13. The minimum Gasteiger partial charge on any atom is -0.380 e. The van der Waals surface area contributed by atoms with E-state index >= 15 is 0 Å². The Balaban J connectivity index is 2.57. The molecule has 0 amide bonds. The van der Waals surface area contributed by atoms with Crippen LogP contribution in [0.5, 0.6) is 0 Å². The van der Waals surface area contributed by atoms with Crippen molar-refractivity contribution >= 4 is 15.5 Å². The zero-order valence-corrected chi connectivity index (χ0v) is 11.3. The van der Waals surface area contributed by atoms with Crippen LogP contribution >= 0.6 is 0 Å². The first-order chi connectivity index (χ1) is 8.37. The molecule has 0 aromatic heterocycles. The van der Waals surface area contributed by atoms with Gasteiger partial charge in [-0.15, -0.1) is 0 Å². The third kappa shape index (κ3) is 3.94. The van der Waals surface area contributed by atoms with E-state index in [-0.39, 0.29) is 23.7 Å². The monoisotopic (exact) mass is 277 g/mol. The van der Waals surface area contributed by atoms with Crippen molar-refractivity contribution in [2.75, 3.05) is 23.4 Å². The van der Waals surface area contributed by atoms with Gasteiger partial charge in [0.1, 0.15) is 21.3 Å². The maximum absolute atomic E-state index is 13.6. The van der Waals surface area contributed by atoms with Gasteiger partial charge in [0.05, 0.1) is 5.75 Å². The highest BCUT2D eigenvalue weighted by atomic mass is 32.2. The molecule has 0 aliphatic heterocycles. The van der Waals surface area contributed by atoms with Gasteiger partial charge in [-0.2, -0.15) is 0 Å². The Bertz CT molecular complexity index is 515. The van der Waals surface area contributed by atoms with Gasteiger partial charge < -0.3 is 5.32 Å². The molecule has 1 aromatic carbocycles. The van der Waals surface area contributed by atoms with E-state index in [0.29, 0.717) is 12.0 Å². The van der Waals surface area contributed by atoms with E-state index in [1.54, 1.807) is 13.8 Å². The molecule has 0 aliphatic carbocycles. The smallest absolute Gasteiger partial charge is 0.152 e. The van der Waals surface area contributed by atoms with Crippen molar-refractivity contribution in [2.45, 2.75) is 20.3 Å². The second-order valence-corrected chi connectivity index (χ2v) is 6.54. The maximum Gasteiger partial charge on any atom is 0.152 e. The number of anilines is 1. The van der Waals surface area contributed by atoms with Gasteiger partial charge in [0.15, 0.2) is 5.82 Å². The molecular weight excluding hydrogens is 260 g/mol. The van der Waals surface area contributed by atoms with Gasteiger partial charge in [0.25, 0.3) is 0 Å². The number of hydrogen-bond donors (Lipinski definition) is 1. The average molecular weight is 277 g/mol. The Kier molecular flexibility index (Phi) is 5.07. The first-order valence-corrected chi connectivity index (χ1v) is 7.58. The average Bonchev–Trinajstić information content (AvgIpc) is 2.33. The fourth-order valence-corrected chi connectivity index (χ4v) is 2.34. The lowest BCUT2D eigenvalue weighted by molar-refractivity contribution is 0.581. The fraction of sp³-hybridized carbons (Fsp3) is 0.500. The standard InChI is InChI=1S/C12H17F2NO2S/c1-3-18(16,17)8-4-7-15-12-10(13)6-5-9(2)11(12)14/h5-6,15H,3-4,7-8H2,1-2H3. The zero-order chi connectivity index (χ0) is 13.8. The molecule has 1 N–H and O–H groups in total. The van der Waals surface area contributed by atoms with E-state index < -0.39 is 21.5 Å². The summed E-state index contributed by atoms with van der Waals surface area (Å²) < 4.78 is 49.4. The van der Waals surface area contributed by atoms with Crippen LogP contribution in [-0.4, -0.2) is 26.5 Å². The first kappa shape index (κ1) is 14.9. The maximum atomic E-state index is 13.6. The number of hydrogen-bond acceptors (Lipinski definition) is 3. The van der Waals surface area contributed by atoms with E-state index in [9.17, 15) is 17.2 Å². The van der Waals surface area contributed by atoms with Crippen LogP contribution in [0.1, 0.15) is 18.9 Å². The molecule has 0 saturated heterocycles. The molecule has 0 radical (unpaired) electrons. The highest BCUT2D eigenvalue weighted by molar-refractivity contribution is 7.91. The third-order valence-corrected chi connectivity index (χ3v) is 4.45. The topological polar surface area (TPSA) is 46.2 Å². The SMILES string of the molecule is CCS(=O)(=O)CCCNc1c(F)ccc(C)c1F. The van der Waals surface area contributed by atoms with Crippen molar-refractivity contribution in [3.63, 3.8) is 0 Å². The number of aryl methyl sites for hydroxylation is 1. The van der Waals surface area contributed by atoms with Crippen LogP contribution in [-0.2, 0) is 9.84 Å². The van der Waals surface area contributed by atoms with Crippen LogP contribution < -0.4 is 5.32 Å². The lowest BCUT2D eigenvalue weighted by Gasteiger charge is -2.10. The molecule has 0 fully saturated rings. The van der Waals surface area contributed by atoms with Crippen molar-refractivity contribution < 1.29 is 17.2 Å². The zero-order valence-electron chi connectivity index (χ0n) is 10.5. The van der Waals surface area contributed by atoms with E-state index in [4.69, 9.17) is 0 Å². The van der Waals surface area contributed by atoms with Crippen molar-refractivity contribution in [3.05, 3.63) is 29.3 Å². The number of benzene rings is 1. The largest absolute Gasteiger partial charge is 0.380 e. The number of halogens is 2. The summed E-state index contributed by atoms with van der Waals surface area (Å²) in [7, 11) is -3.03. The highest BCUT2D eigenvalue weighted by Crippen LogP contribution is 2.21. The molecule has 0 bridgehead atoms. The Morgan fingerprint density at radius 2 is 1.94 bits per heavy atom. The van der Waals surface area contributed by atoms with E-state index in [1.807, 2.05) is 0 Å². The molecular formula is C12H17F2NO2S. The van der Waals surface area contributed by atoms with Crippen LogP contribution in [0.4, 0.5) is 14.5 Å². The summed E-state index contributed by atoms with van der Waals surface area (Å²) in [5.74, 6) is -1.20. The minimum absolute atomic E-state index is 0.0194. The van der Waals surface area contributed by atoms with Gasteiger partial charge in [0, 0.05) is 12.3 Å². The lowest BCUT2D eigenvalue weighted by atomic mass is 10.2. The quantitative estimate of drug-likeness (QED) is 0.813. The molecule has 1 rings (SSSR count). The molecule has 102 valence electrons. The second-order valence-electron chi connectivity index (χ2n) is 4.07. The number of nitrogens with one attached hydrogen (secondary N) is 1. The lowest BCUT2D eigenvalue weighted by Crippen LogP contribution is -2.14. The summed E-state index contributed by atoms with van der Waals surface area (Å²) in [6.45, 7) is 3.33. The molecule has 0 saturated carbocycles. The van der Waals surface area contributed by atoms with Gasteiger partial charge >= 0.3 is 0 Å². The summed E-state index contributed by atoms with van der Waals surface area (Å²) in [6, 6.07) is 2.54. The molecule has 3 nitrogen and oxygen atoms in total. The van der Waals surface area contributed by atoms with Crippen LogP contribution in [0.25, 0.3) is 0 Å². The highest BCUT2D eigenvalue weighted by Gasteiger charge is 2.11. The van der Waals surface area contributed by atoms with Gasteiger partial charge in [0.2, 0.25) is 0 Å². The third-order valence-electron chi connectivity index (χ3n) is 2.66. The predicted octanol–water partition coefficient (Wildman–Crippen LogP) is 2.51. The molecule has 0 unspecified atom stereocenters. The summed E-state index contributed by atoms with van der Waals surface area (Å²) in [5.41, 5.74) is 0.156. The molecule has 6 heteroatoms. The number of rotatable bonds is 6. The Morgan fingerprint density at radius 3 is 2.56 bits per heavy atom. The molecule has 1 aromatic rings. The normalized spacial score (nSPS) is 11.6. The van der Waals surface area contributed by atoms with E-state index in [2.05, 4.69) is 5.32 Å². The van der Waals surface area contributed by atoms with Gasteiger partial charge in [-0.1, -0.05) is 13.0 Å². The van der Waals surface area contributed by atoms with Gasteiger partial charge in [-0.3, -0.25) is 0 Å². The minimum atomic E-state index is -3.03. The predicted molar refractivity (Wildman–Crippen MR) is 68.5 cm³/mol. The van der Waals surface area contributed by atoms with Gasteiger partial charge in [-0.25, -0.2) is 17.2 Å². The molecule has 0 aliphatic rings. The molecule has 0 atom stereocenters. The van der Waals surface area contributed by atoms with Crippen LogP contribution in [0, 0.1) is 18.6 Å². The van der Waals surface area contributed by atoms with E-state index in [1.165, 1.54) is 12.1 Å². The van der Waals surface area contributed by atoms with Crippen LogP contribution in [0.15, 0.2) is 12.1 Å². The summed E-state index contributed by atoms with van der Waals surface area (Å²) in [5, 5.41) is 2.60. The van der Waals surface area contributed by atoms with Crippen molar-refractivity contribution in [2.24, 2.45) is 0 Å². The molecule has 0 spiro atoms. The Hall–Kier alpha value is -1.17. The summed E-state index contributed by atoms with van der Waals surface area (Å²) in [4.78, 5) is 0. The van der Waals surface area contributed by atoms with Crippen molar-refractivity contribution in [1.82, 2.24) is 0 Å². The summed E-state index contributed by atoms with van der Waals surface area (Å²) in [6.07, 6.45) is 0.322. The van der Waals surface area contributed by atoms with Crippen LogP contribution in [0.2, 0.25) is 0 Å². The number of sulfone groups is 1. The van der Waals surface area contributed by atoms with E-state index in [0.717, 1.165) is 0 Å². The Labute approximate surface area is 106 Å². The first-order valence-electron chi connectivity index (χ1n) is 5.76. The summed E-state index contributed by atoms with van der Waals surface area (Å²) >= 11 is 0. The van der Waals surface area contributed by atoms with Crippen molar-refractivity contribution in [3.8, 4) is 0 Å². The molecule has 0 heterocycles. The van der Waals surface area contributed by atoms with Gasteiger partial charge in [-0.05, 0) is 25.0 Å². The van der Waals surface area contributed by atoms with Crippen molar-refractivity contribution in [1.29, 1.82) is 0 Å². The van der Waals surface area contributed by atoms with Crippen LogP contribution in [0.3, 0.4) is 0 Å². The Morgan fingerprint density at radius 1 is 1.28 bits per heavy atom. The molecule has 18 heavy (non-hydrogen) atoms.